The monoisotopic (exact) mass is 330 g/mol. The van der Waals surface area contributed by atoms with Crippen LogP contribution in [0.3, 0.4) is 0 Å². The van der Waals surface area contributed by atoms with E-state index in [1.54, 1.807) is 0 Å². The maximum atomic E-state index is 5.94. The van der Waals surface area contributed by atoms with Gasteiger partial charge >= 0.3 is 0 Å². The molecule has 1 atom stereocenters. The van der Waals surface area contributed by atoms with Crippen LogP contribution in [-0.4, -0.2) is 19.9 Å². The van der Waals surface area contributed by atoms with Crippen LogP contribution in [0.25, 0.3) is 11.6 Å². The summed E-state index contributed by atoms with van der Waals surface area (Å²) < 4.78 is 13.1. The van der Waals surface area contributed by atoms with E-state index in [1.165, 1.54) is 0 Å². The summed E-state index contributed by atoms with van der Waals surface area (Å²) in [5.41, 5.74) is 2.78. The molecule has 23 heavy (non-hydrogen) atoms. The van der Waals surface area contributed by atoms with Gasteiger partial charge in [0.25, 0.3) is 5.89 Å². The Labute approximate surface area is 138 Å². The number of hydrogen-bond acceptors (Lipinski definition) is 5. The fourth-order valence-corrected chi connectivity index (χ4v) is 2.74. The Kier molecular flexibility index (Phi) is 3.63. The topological polar surface area (TPSA) is 66.0 Å². The second kappa shape index (κ2) is 5.79. The molecule has 6 nitrogen and oxygen atoms in total. The van der Waals surface area contributed by atoms with E-state index in [9.17, 15) is 0 Å². The summed E-state index contributed by atoms with van der Waals surface area (Å²) in [5.74, 6) is 1.13. The Morgan fingerprint density at radius 3 is 2.87 bits per heavy atom. The van der Waals surface area contributed by atoms with Crippen molar-refractivity contribution < 1.29 is 9.26 Å². The summed E-state index contributed by atoms with van der Waals surface area (Å²) in [4.78, 5) is 4.32. The molecule has 0 saturated carbocycles. The molecular weight excluding hydrogens is 316 g/mol. The molecule has 0 N–H and O–H groups in total. The summed E-state index contributed by atoms with van der Waals surface area (Å²) in [6.45, 7) is 3.12. The highest BCUT2D eigenvalue weighted by Gasteiger charge is 2.24. The molecule has 4 rings (SSSR count). The minimum Gasteiger partial charge on any atom is -0.365 e. The Balaban J connectivity index is 1.59. The molecule has 0 aliphatic carbocycles. The number of ether oxygens (including phenoxy) is 1. The molecule has 118 valence electrons. The predicted molar refractivity (Wildman–Crippen MR) is 83.9 cm³/mol. The largest absolute Gasteiger partial charge is 0.365 e. The Morgan fingerprint density at radius 1 is 1.30 bits per heavy atom. The van der Waals surface area contributed by atoms with Crippen molar-refractivity contribution in [2.75, 3.05) is 0 Å². The van der Waals surface area contributed by atoms with Crippen molar-refractivity contribution in [3.05, 3.63) is 52.4 Å². The molecule has 1 aliphatic rings. The van der Waals surface area contributed by atoms with Crippen molar-refractivity contribution in [2.24, 2.45) is 0 Å². The van der Waals surface area contributed by atoms with Crippen molar-refractivity contribution in [2.45, 2.75) is 32.6 Å². The quantitative estimate of drug-likeness (QED) is 0.736. The summed E-state index contributed by atoms with van der Waals surface area (Å²) >= 11 is 5.94. The van der Waals surface area contributed by atoms with Crippen molar-refractivity contribution in [3.63, 3.8) is 0 Å². The van der Waals surface area contributed by atoms with Crippen LogP contribution in [0.15, 0.2) is 34.9 Å². The summed E-state index contributed by atoms with van der Waals surface area (Å²) in [7, 11) is 0. The van der Waals surface area contributed by atoms with E-state index in [2.05, 4.69) is 15.2 Å². The molecule has 2 aromatic heterocycles. The van der Waals surface area contributed by atoms with E-state index in [4.69, 9.17) is 20.9 Å². The molecule has 0 bridgehead atoms. The molecule has 1 aliphatic heterocycles. The van der Waals surface area contributed by atoms with Crippen molar-refractivity contribution >= 4 is 11.6 Å². The lowest BCUT2D eigenvalue weighted by molar-refractivity contribution is -0.00112. The zero-order chi connectivity index (χ0) is 15.8. The predicted octanol–water partition coefficient (Wildman–Crippen LogP) is 3.42. The Hall–Kier alpha value is -2.18. The number of nitrogens with zero attached hydrogens (tertiary/aromatic N) is 4. The molecule has 7 heteroatoms. The third kappa shape index (κ3) is 2.75. The fraction of sp³-hybridized carbons (Fsp3) is 0.312. The molecule has 0 radical (unpaired) electrons. The first-order valence-electron chi connectivity index (χ1n) is 7.49. The zero-order valence-corrected chi connectivity index (χ0v) is 13.3. The maximum Gasteiger partial charge on any atom is 0.278 e. The Bertz CT molecular complexity index is 825. The van der Waals surface area contributed by atoms with Crippen LogP contribution < -0.4 is 0 Å². The lowest BCUT2D eigenvalue weighted by Gasteiger charge is -2.24. The highest BCUT2D eigenvalue weighted by molar-refractivity contribution is 6.30. The van der Waals surface area contributed by atoms with Gasteiger partial charge in [-0.15, -0.1) is 0 Å². The maximum absolute atomic E-state index is 5.94. The van der Waals surface area contributed by atoms with Crippen LogP contribution in [0.5, 0.6) is 0 Å². The number of halogens is 1. The van der Waals surface area contributed by atoms with Crippen molar-refractivity contribution in [3.8, 4) is 11.6 Å². The molecule has 1 aromatic carbocycles. The number of aryl methyl sites for hydroxylation is 1. The van der Waals surface area contributed by atoms with Crippen molar-refractivity contribution in [1.29, 1.82) is 0 Å². The highest BCUT2D eigenvalue weighted by atomic mass is 35.5. The molecule has 0 fully saturated rings. The summed E-state index contributed by atoms with van der Waals surface area (Å²) in [6.07, 6.45) is 0.695. The number of aromatic nitrogens is 4. The summed E-state index contributed by atoms with van der Waals surface area (Å²) in [5, 5.41) is 9.20. The van der Waals surface area contributed by atoms with Crippen LogP contribution in [-0.2, 0) is 24.3 Å². The van der Waals surface area contributed by atoms with Gasteiger partial charge in [0.2, 0.25) is 0 Å². The Morgan fingerprint density at radius 2 is 2.13 bits per heavy atom. The second-order valence-corrected chi connectivity index (χ2v) is 5.86. The van der Waals surface area contributed by atoms with Crippen LogP contribution in [0.1, 0.15) is 30.1 Å². The van der Waals surface area contributed by atoms with E-state index in [0.717, 1.165) is 22.7 Å². The molecule has 0 spiro atoms. The number of benzene rings is 1. The van der Waals surface area contributed by atoms with E-state index >= 15 is 0 Å². The van der Waals surface area contributed by atoms with Gasteiger partial charge in [0.05, 0.1) is 18.8 Å². The normalized spacial score (nSPS) is 17.2. The number of hydrogen-bond donors (Lipinski definition) is 0. The van der Waals surface area contributed by atoms with Gasteiger partial charge in [-0.3, -0.25) is 4.68 Å². The first kappa shape index (κ1) is 14.4. The average Bonchev–Trinajstić information content (AvgIpc) is 3.21. The van der Waals surface area contributed by atoms with Gasteiger partial charge in [-0.1, -0.05) is 35.8 Å². The minimum atomic E-state index is -0.0404. The van der Waals surface area contributed by atoms with E-state index in [1.807, 2.05) is 41.9 Å². The molecule has 3 heterocycles. The van der Waals surface area contributed by atoms with E-state index < -0.39 is 0 Å². The lowest BCUT2D eigenvalue weighted by atomic mass is 10.1. The minimum absolute atomic E-state index is 0.0404. The van der Waals surface area contributed by atoms with E-state index in [0.29, 0.717) is 30.6 Å². The average molecular weight is 331 g/mol. The van der Waals surface area contributed by atoms with Gasteiger partial charge in [-0.2, -0.15) is 10.1 Å². The van der Waals surface area contributed by atoms with Crippen LogP contribution in [0.2, 0.25) is 5.02 Å². The van der Waals surface area contributed by atoms with Gasteiger partial charge in [0.1, 0.15) is 6.10 Å². The molecule has 3 aromatic rings. The highest BCUT2D eigenvalue weighted by Crippen LogP contribution is 2.29. The molecule has 0 saturated heterocycles. The first-order valence-corrected chi connectivity index (χ1v) is 7.87. The van der Waals surface area contributed by atoms with Crippen LogP contribution in [0, 0.1) is 0 Å². The van der Waals surface area contributed by atoms with Gasteiger partial charge in [0, 0.05) is 11.4 Å². The number of rotatable bonds is 3. The molecule has 0 unspecified atom stereocenters. The van der Waals surface area contributed by atoms with Gasteiger partial charge < -0.3 is 9.26 Å². The SMILES string of the molecule is CCc1noc(-c2cc3n(n2)C[C@@H](c2ccc(Cl)cc2)OC3)n1. The fourth-order valence-electron chi connectivity index (χ4n) is 2.61. The second-order valence-electron chi connectivity index (χ2n) is 5.42. The van der Waals surface area contributed by atoms with E-state index in [-0.39, 0.29) is 6.10 Å². The van der Waals surface area contributed by atoms with Gasteiger partial charge in [0.15, 0.2) is 11.5 Å². The third-order valence-corrected chi connectivity index (χ3v) is 4.13. The molecular formula is C16H15ClN4O2. The number of fused-ring (bicyclic) bond motifs is 1. The van der Waals surface area contributed by atoms with Crippen molar-refractivity contribution in [1.82, 2.24) is 19.9 Å². The van der Waals surface area contributed by atoms with Crippen LogP contribution >= 0.6 is 11.6 Å². The van der Waals surface area contributed by atoms with Gasteiger partial charge in [-0.05, 0) is 23.8 Å². The summed E-state index contributed by atoms with van der Waals surface area (Å²) in [6, 6.07) is 9.64. The van der Waals surface area contributed by atoms with Crippen LogP contribution in [0.4, 0.5) is 0 Å². The lowest BCUT2D eigenvalue weighted by Crippen LogP contribution is -2.21. The van der Waals surface area contributed by atoms with Gasteiger partial charge in [-0.25, -0.2) is 0 Å². The molecule has 0 amide bonds. The standard InChI is InChI=1S/C16H15ClN4O2/c1-2-15-18-16(23-20-15)13-7-12-9-22-14(8-21(12)19-13)10-3-5-11(17)6-4-10/h3-7,14H,2,8-9H2,1H3/t14-/m0/s1. The smallest absolute Gasteiger partial charge is 0.278 e. The zero-order valence-electron chi connectivity index (χ0n) is 12.6. The third-order valence-electron chi connectivity index (χ3n) is 3.88. The first-order chi connectivity index (χ1) is 11.2.